The van der Waals surface area contributed by atoms with Crippen LogP contribution in [0.4, 0.5) is 5.69 Å². The van der Waals surface area contributed by atoms with E-state index in [0.29, 0.717) is 23.8 Å². The van der Waals surface area contributed by atoms with Crippen LogP contribution in [0, 0.1) is 0 Å². The van der Waals surface area contributed by atoms with Crippen molar-refractivity contribution in [2.45, 2.75) is 0 Å². The van der Waals surface area contributed by atoms with Crippen molar-refractivity contribution in [1.29, 1.82) is 0 Å². The topological polar surface area (TPSA) is 47.6 Å². The van der Waals surface area contributed by atoms with Gasteiger partial charge in [0.2, 0.25) is 0 Å². The summed E-state index contributed by atoms with van der Waals surface area (Å²) in [5.74, 6) is 0.982. The van der Waals surface area contributed by atoms with E-state index in [0.717, 1.165) is 11.1 Å². The number of hydrogen-bond acceptors (Lipinski definition) is 3. The van der Waals surface area contributed by atoms with E-state index in [2.05, 4.69) is 24.0 Å². The number of nitrogens with one attached hydrogen (secondary N) is 1. The summed E-state index contributed by atoms with van der Waals surface area (Å²) in [5.41, 5.74) is 2.84. The van der Waals surface area contributed by atoms with E-state index in [-0.39, 0.29) is 12.5 Å². The minimum atomic E-state index is -0.253. The molecule has 0 unspecified atom stereocenters. The summed E-state index contributed by atoms with van der Waals surface area (Å²) in [7, 11) is 0. The smallest absolute Gasteiger partial charge is 0.262 e. The van der Waals surface area contributed by atoms with Gasteiger partial charge in [0, 0.05) is 0 Å². The highest BCUT2D eigenvalue weighted by atomic mass is 16.5. The molecular formula is C23H21NO3. The molecule has 0 aliphatic heterocycles. The lowest BCUT2D eigenvalue weighted by Crippen LogP contribution is -2.20. The number of amides is 1. The van der Waals surface area contributed by atoms with Crippen LogP contribution < -0.4 is 14.8 Å². The van der Waals surface area contributed by atoms with Crippen molar-refractivity contribution in [1.82, 2.24) is 0 Å². The van der Waals surface area contributed by atoms with Crippen molar-refractivity contribution < 1.29 is 14.3 Å². The van der Waals surface area contributed by atoms with Crippen molar-refractivity contribution in [2.75, 3.05) is 18.5 Å². The van der Waals surface area contributed by atoms with Crippen molar-refractivity contribution in [2.24, 2.45) is 0 Å². The molecule has 4 heteroatoms. The first-order valence-electron chi connectivity index (χ1n) is 8.67. The van der Waals surface area contributed by atoms with Crippen LogP contribution in [0.3, 0.4) is 0 Å². The molecule has 136 valence electrons. The third-order valence-electron chi connectivity index (χ3n) is 3.85. The highest BCUT2D eigenvalue weighted by Crippen LogP contribution is 2.24. The number of carbonyl (C=O) groups excluding carboxylic acids is 1. The van der Waals surface area contributed by atoms with Crippen LogP contribution in [0.15, 0.2) is 91.5 Å². The molecule has 1 N–H and O–H groups in total. The highest BCUT2D eigenvalue weighted by molar-refractivity contribution is 5.93. The average Bonchev–Trinajstić information content (AvgIpc) is 2.73. The van der Waals surface area contributed by atoms with Gasteiger partial charge in [-0.25, -0.2) is 0 Å². The molecule has 0 radical (unpaired) electrons. The van der Waals surface area contributed by atoms with Gasteiger partial charge in [0.25, 0.3) is 5.91 Å². The van der Waals surface area contributed by atoms with Crippen molar-refractivity contribution in [3.05, 3.63) is 91.5 Å². The zero-order valence-corrected chi connectivity index (χ0v) is 14.9. The van der Waals surface area contributed by atoms with Gasteiger partial charge in [-0.2, -0.15) is 0 Å². The maximum Gasteiger partial charge on any atom is 0.262 e. The molecule has 0 spiro atoms. The molecule has 27 heavy (non-hydrogen) atoms. The van der Waals surface area contributed by atoms with E-state index in [1.54, 1.807) is 18.2 Å². The van der Waals surface area contributed by atoms with Gasteiger partial charge in [0.1, 0.15) is 18.1 Å². The first kappa shape index (κ1) is 18.3. The summed E-state index contributed by atoms with van der Waals surface area (Å²) in [6.45, 7) is 3.91. The van der Waals surface area contributed by atoms with Crippen LogP contribution in [0.1, 0.15) is 0 Å². The largest absolute Gasteiger partial charge is 0.487 e. The number of ether oxygens (including phenoxy) is 2. The molecule has 0 atom stereocenters. The second kappa shape index (κ2) is 9.25. The summed E-state index contributed by atoms with van der Waals surface area (Å²) in [5, 5.41) is 2.80. The molecule has 1 amide bonds. The van der Waals surface area contributed by atoms with Crippen molar-refractivity contribution >= 4 is 11.6 Å². The molecule has 3 aromatic carbocycles. The Labute approximate surface area is 159 Å². The maximum absolute atomic E-state index is 12.2. The maximum atomic E-state index is 12.2. The third kappa shape index (κ3) is 5.22. The second-order valence-corrected chi connectivity index (χ2v) is 5.82. The van der Waals surface area contributed by atoms with Crippen LogP contribution in [-0.4, -0.2) is 19.1 Å². The van der Waals surface area contributed by atoms with Crippen molar-refractivity contribution in [3.63, 3.8) is 0 Å². The van der Waals surface area contributed by atoms with E-state index in [1.807, 2.05) is 54.6 Å². The zero-order chi connectivity index (χ0) is 18.9. The van der Waals surface area contributed by atoms with Gasteiger partial charge in [-0.1, -0.05) is 67.3 Å². The van der Waals surface area contributed by atoms with Gasteiger partial charge in [0.15, 0.2) is 6.61 Å². The molecule has 0 bridgehead atoms. The fraction of sp³-hybridized carbons (Fsp3) is 0.0870. The Kier molecular flexibility index (Phi) is 6.26. The molecule has 0 aliphatic carbocycles. The summed E-state index contributed by atoms with van der Waals surface area (Å²) in [6.07, 6.45) is 1.65. The SMILES string of the molecule is C=CCOc1ccccc1NC(=O)COc1ccc(-c2ccccc2)cc1. The number of anilines is 1. The lowest BCUT2D eigenvalue weighted by atomic mass is 10.1. The van der Waals surface area contributed by atoms with Crippen LogP contribution in [0.2, 0.25) is 0 Å². The quantitative estimate of drug-likeness (QED) is 0.580. The van der Waals surface area contributed by atoms with Crippen LogP contribution >= 0.6 is 0 Å². The number of benzene rings is 3. The first-order chi connectivity index (χ1) is 13.3. The van der Waals surface area contributed by atoms with E-state index in [1.165, 1.54) is 0 Å². The molecule has 0 aliphatic rings. The van der Waals surface area contributed by atoms with Gasteiger partial charge in [-0.05, 0) is 35.4 Å². The van der Waals surface area contributed by atoms with E-state index < -0.39 is 0 Å². The Balaban J connectivity index is 1.56. The highest BCUT2D eigenvalue weighted by Gasteiger charge is 2.08. The first-order valence-corrected chi connectivity index (χ1v) is 8.67. The molecule has 0 fully saturated rings. The van der Waals surface area contributed by atoms with Gasteiger partial charge in [0.05, 0.1) is 5.69 Å². The Morgan fingerprint density at radius 1 is 0.852 bits per heavy atom. The number of rotatable bonds is 8. The molecule has 0 saturated carbocycles. The molecule has 3 aromatic rings. The standard InChI is InChI=1S/C23H21NO3/c1-2-16-26-22-11-7-6-10-21(22)24-23(25)17-27-20-14-12-19(13-15-20)18-8-4-3-5-9-18/h2-15H,1,16-17H2,(H,24,25). The Morgan fingerprint density at radius 3 is 2.26 bits per heavy atom. The van der Waals surface area contributed by atoms with E-state index in [9.17, 15) is 4.79 Å². The van der Waals surface area contributed by atoms with E-state index in [4.69, 9.17) is 9.47 Å². The second-order valence-electron chi connectivity index (χ2n) is 5.82. The summed E-state index contributed by atoms with van der Waals surface area (Å²) in [4.78, 5) is 12.2. The minimum Gasteiger partial charge on any atom is -0.487 e. The summed E-state index contributed by atoms with van der Waals surface area (Å²) >= 11 is 0. The van der Waals surface area contributed by atoms with Crippen LogP contribution in [-0.2, 0) is 4.79 Å². The lowest BCUT2D eigenvalue weighted by Gasteiger charge is -2.12. The van der Waals surface area contributed by atoms with Gasteiger partial charge >= 0.3 is 0 Å². The van der Waals surface area contributed by atoms with Gasteiger partial charge in [-0.15, -0.1) is 0 Å². The zero-order valence-electron chi connectivity index (χ0n) is 14.9. The molecule has 0 heterocycles. The van der Waals surface area contributed by atoms with Crippen LogP contribution in [0.5, 0.6) is 11.5 Å². The molecule has 3 rings (SSSR count). The summed E-state index contributed by atoms with van der Waals surface area (Å²) < 4.78 is 11.1. The third-order valence-corrected chi connectivity index (χ3v) is 3.85. The summed E-state index contributed by atoms with van der Waals surface area (Å²) in [6, 6.07) is 25.0. The number of para-hydroxylation sites is 2. The fourth-order valence-electron chi connectivity index (χ4n) is 2.55. The Morgan fingerprint density at radius 2 is 1.52 bits per heavy atom. The Hall–Kier alpha value is -3.53. The van der Waals surface area contributed by atoms with Gasteiger partial charge < -0.3 is 14.8 Å². The molecule has 0 saturated heterocycles. The minimum absolute atomic E-state index is 0.0829. The molecule has 0 aromatic heterocycles. The van der Waals surface area contributed by atoms with Crippen molar-refractivity contribution in [3.8, 4) is 22.6 Å². The monoisotopic (exact) mass is 359 g/mol. The Bertz CT molecular complexity index is 889. The van der Waals surface area contributed by atoms with E-state index >= 15 is 0 Å². The normalized spacial score (nSPS) is 10.1. The predicted octanol–water partition coefficient (Wildman–Crippen LogP) is 4.94. The predicted molar refractivity (Wildman–Crippen MR) is 108 cm³/mol. The van der Waals surface area contributed by atoms with Gasteiger partial charge in [-0.3, -0.25) is 4.79 Å². The van der Waals surface area contributed by atoms with Crippen LogP contribution in [0.25, 0.3) is 11.1 Å². The average molecular weight is 359 g/mol. The number of carbonyl (C=O) groups is 1. The molecule has 4 nitrogen and oxygen atoms in total. The molecular weight excluding hydrogens is 338 g/mol. The fourth-order valence-corrected chi connectivity index (χ4v) is 2.55. The number of hydrogen-bond donors (Lipinski definition) is 1. The lowest BCUT2D eigenvalue weighted by molar-refractivity contribution is -0.118.